The van der Waals surface area contributed by atoms with Crippen LogP contribution in [0.25, 0.3) is 0 Å². The lowest BCUT2D eigenvalue weighted by Crippen LogP contribution is -2.02. The van der Waals surface area contributed by atoms with Gasteiger partial charge in [0.2, 0.25) is 0 Å². The summed E-state index contributed by atoms with van der Waals surface area (Å²) in [5, 5.41) is 0. The van der Waals surface area contributed by atoms with Crippen LogP contribution in [-0.2, 0) is 9.53 Å². The molecule has 0 aromatic rings. The Labute approximate surface area is 80.6 Å². The van der Waals surface area contributed by atoms with Crippen LogP contribution in [0.2, 0.25) is 0 Å². The maximum atomic E-state index is 9.82. The summed E-state index contributed by atoms with van der Waals surface area (Å²) in [6.45, 7) is 5.26. The van der Waals surface area contributed by atoms with Gasteiger partial charge in [-0.05, 0) is 32.9 Å². The highest BCUT2D eigenvalue weighted by Gasteiger charge is 1.81. The predicted octanol–water partition coefficient (Wildman–Crippen LogP) is 0.644. The molecule has 0 fully saturated rings. The summed E-state index contributed by atoms with van der Waals surface area (Å²) in [5.74, 6) is -0.211. The topological polar surface area (TPSA) is 78.3 Å². The van der Waals surface area contributed by atoms with Gasteiger partial charge in [-0.15, -0.1) is 0 Å². The van der Waals surface area contributed by atoms with Crippen LogP contribution in [0.3, 0.4) is 0 Å². The van der Waals surface area contributed by atoms with E-state index in [-0.39, 0.29) is 5.97 Å². The molecule has 0 amide bonds. The van der Waals surface area contributed by atoms with Crippen molar-refractivity contribution in [3.8, 4) is 0 Å². The molecule has 0 atom stereocenters. The van der Waals surface area contributed by atoms with E-state index in [1.165, 1.54) is 13.3 Å². The fourth-order valence-electron chi connectivity index (χ4n) is 0.669. The van der Waals surface area contributed by atoms with Crippen LogP contribution in [0, 0.1) is 0 Å². The monoisotopic (exact) mass is 190 g/mol. The van der Waals surface area contributed by atoms with Gasteiger partial charge in [-0.1, -0.05) is 6.42 Å². The number of carbonyl (C=O) groups is 1. The molecular formula is C9H22N2O2. The maximum absolute atomic E-state index is 9.82. The second-order valence-corrected chi connectivity index (χ2v) is 2.56. The second-order valence-electron chi connectivity index (χ2n) is 2.56. The average Bonchev–Trinajstić information content (AvgIpc) is 2.06. The van der Waals surface area contributed by atoms with Gasteiger partial charge in [0.05, 0.1) is 6.61 Å². The van der Waals surface area contributed by atoms with E-state index >= 15 is 0 Å². The minimum absolute atomic E-state index is 0.211. The normalized spacial score (nSPS) is 8.62. The van der Waals surface area contributed by atoms with E-state index in [2.05, 4.69) is 4.74 Å². The Morgan fingerprint density at radius 2 is 1.62 bits per heavy atom. The van der Waals surface area contributed by atoms with Gasteiger partial charge >= 0.3 is 5.97 Å². The van der Waals surface area contributed by atoms with Crippen LogP contribution in [0.5, 0.6) is 0 Å². The second kappa shape index (κ2) is 13.9. The van der Waals surface area contributed by atoms with Crippen LogP contribution in [0.1, 0.15) is 33.1 Å². The fourth-order valence-corrected chi connectivity index (χ4v) is 0.669. The van der Waals surface area contributed by atoms with Crippen LogP contribution >= 0.6 is 0 Å². The highest BCUT2D eigenvalue weighted by Crippen LogP contribution is 1.88. The molecule has 0 spiro atoms. The first kappa shape index (κ1) is 14.9. The molecule has 0 aromatic heterocycles. The Bertz CT molecular complexity index is 104. The number of carbonyl (C=O) groups excluding carboxylic acids is 1. The molecular weight excluding hydrogens is 168 g/mol. The van der Waals surface area contributed by atoms with Gasteiger partial charge < -0.3 is 16.2 Å². The molecule has 4 N–H and O–H groups in total. The van der Waals surface area contributed by atoms with Crippen molar-refractivity contribution in [3.63, 3.8) is 0 Å². The number of rotatable bonds is 5. The first-order valence-electron chi connectivity index (χ1n) is 4.72. The van der Waals surface area contributed by atoms with Gasteiger partial charge in [-0.25, -0.2) is 0 Å². The van der Waals surface area contributed by atoms with Crippen LogP contribution in [0.15, 0.2) is 0 Å². The van der Waals surface area contributed by atoms with Crippen molar-refractivity contribution in [2.24, 2.45) is 11.5 Å². The standard InChI is InChI=1S/C5H14N2.C4H8O2/c6-4-2-1-3-5-7;1-3-6-4(2)5/h1-7H2;3H2,1-2H3. The molecule has 4 nitrogen and oxygen atoms in total. The van der Waals surface area contributed by atoms with Crippen molar-refractivity contribution in [3.05, 3.63) is 0 Å². The predicted molar refractivity (Wildman–Crippen MR) is 54.3 cm³/mol. The summed E-state index contributed by atoms with van der Waals surface area (Å²) in [5.41, 5.74) is 10.5. The van der Waals surface area contributed by atoms with Gasteiger partial charge in [-0.3, -0.25) is 4.79 Å². The van der Waals surface area contributed by atoms with Crippen molar-refractivity contribution < 1.29 is 9.53 Å². The molecule has 0 unspecified atom stereocenters. The van der Waals surface area contributed by atoms with E-state index in [1.807, 2.05) is 0 Å². The van der Waals surface area contributed by atoms with E-state index in [4.69, 9.17) is 11.5 Å². The van der Waals surface area contributed by atoms with E-state index in [0.717, 1.165) is 25.9 Å². The summed E-state index contributed by atoms with van der Waals surface area (Å²) in [4.78, 5) is 9.82. The first-order valence-corrected chi connectivity index (χ1v) is 4.72. The molecule has 0 aliphatic carbocycles. The lowest BCUT2D eigenvalue weighted by molar-refractivity contribution is -0.140. The third-order valence-electron chi connectivity index (χ3n) is 1.26. The Kier molecular flexibility index (Phi) is 16.0. The SMILES string of the molecule is CCOC(C)=O.NCCCCCN. The molecule has 4 heteroatoms. The largest absolute Gasteiger partial charge is 0.466 e. The minimum Gasteiger partial charge on any atom is -0.466 e. The summed E-state index contributed by atoms with van der Waals surface area (Å²) < 4.78 is 4.40. The van der Waals surface area contributed by atoms with E-state index in [9.17, 15) is 4.79 Å². The Morgan fingerprint density at radius 1 is 1.15 bits per heavy atom. The zero-order chi connectivity index (χ0) is 10.5. The third kappa shape index (κ3) is 24.6. The number of ether oxygens (including phenoxy) is 1. The van der Waals surface area contributed by atoms with Crippen molar-refractivity contribution in [2.75, 3.05) is 19.7 Å². The first-order chi connectivity index (χ1) is 6.18. The molecule has 80 valence electrons. The molecule has 0 saturated carbocycles. The molecule has 0 heterocycles. The van der Waals surface area contributed by atoms with Crippen molar-refractivity contribution >= 4 is 5.97 Å². The number of esters is 1. The summed E-state index contributed by atoms with van der Waals surface area (Å²) in [6, 6.07) is 0. The van der Waals surface area contributed by atoms with Gasteiger partial charge in [0.15, 0.2) is 0 Å². The van der Waals surface area contributed by atoms with Crippen molar-refractivity contribution in [1.29, 1.82) is 0 Å². The fraction of sp³-hybridized carbons (Fsp3) is 0.889. The van der Waals surface area contributed by atoms with Gasteiger partial charge in [0.1, 0.15) is 0 Å². The molecule has 0 aromatic carbocycles. The van der Waals surface area contributed by atoms with Gasteiger partial charge in [0, 0.05) is 6.92 Å². The smallest absolute Gasteiger partial charge is 0.302 e. The Morgan fingerprint density at radius 3 is 1.77 bits per heavy atom. The van der Waals surface area contributed by atoms with E-state index in [0.29, 0.717) is 6.61 Å². The minimum atomic E-state index is -0.211. The zero-order valence-corrected chi connectivity index (χ0v) is 8.71. The lowest BCUT2D eigenvalue weighted by Gasteiger charge is -1.91. The van der Waals surface area contributed by atoms with Gasteiger partial charge in [0.25, 0.3) is 0 Å². The van der Waals surface area contributed by atoms with Crippen LogP contribution in [0.4, 0.5) is 0 Å². The molecule has 0 bridgehead atoms. The number of hydrogen-bond donors (Lipinski definition) is 2. The van der Waals surface area contributed by atoms with Crippen molar-refractivity contribution in [2.45, 2.75) is 33.1 Å². The summed E-state index contributed by atoms with van der Waals surface area (Å²) >= 11 is 0. The van der Waals surface area contributed by atoms with E-state index < -0.39 is 0 Å². The quantitative estimate of drug-likeness (QED) is 0.492. The van der Waals surface area contributed by atoms with Crippen LogP contribution in [-0.4, -0.2) is 25.7 Å². The highest BCUT2D eigenvalue weighted by molar-refractivity contribution is 5.65. The van der Waals surface area contributed by atoms with E-state index in [1.54, 1.807) is 6.92 Å². The molecule has 0 aliphatic rings. The number of hydrogen-bond acceptors (Lipinski definition) is 4. The summed E-state index contributed by atoms with van der Waals surface area (Å²) in [7, 11) is 0. The molecule has 0 radical (unpaired) electrons. The average molecular weight is 190 g/mol. The summed E-state index contributed by atoms with van der Waals surface area (Å²) in [6.07, 6.45) is 3.43. The molecule has 13 heavy (non-hydrogen) atoms. The highest BCUT2D eigenvalue weighted by atomic mass is 16.5. The lowest BCUT2D eigenvalue weighted by atomic mass is 10.2. The number of unbranched alkanes of at least 4 members (excludes halogenated alkanes) is 2. The third-order valence-corrected chi connectivity index (χ3v) is 1.26. The number of nitrogens with two attached hydrogens (primary N) is 2. The maximum Gasteiger partial charge on any atom is 0.302 e. The van der Waals surface area contributed by atoms with Crippen molar-refractivity contribution in [1.82, 2.24) is 0 Å². The molecule has 0 rings (SSSR count). The molecule has 0 saturated heterocycles. The Hall–Kier alpha value is -0.610. The van der Waals surface area contributed by atoms with Gasteiger partial charge in [-0.2, -0.15) is 0 Å². The Balaban J connectivity index is 0. The molecule has 0 aliphatic heterocycles. The zero-order valence-electron chi connectivity index (χ0n) is 8.71. The van der Waals surface area contributed by atoms with Crippen LogP contribution < -0.4 is 11.5 Å².